The van der Waals surface area contributed by atoms with Gasteiger partial charge in [0.1, 0.15) is 5.52 Å². The maximum Gasteiger partial charge on any atom is 0.212 e. The van der Waals surface area contributed by atoms with Crippen molar-refractivity contribution in [2.75, 3.05) is 13.6 Å². The SMILES string of the molecule is CNCCc1cn2c(nc3c(Cl)cc(C)cc32)[nH]1. The molecule has 0 radical (unpaired) electrons. The number of hydrogen-bond acceptors (Lipinski definition) is 2. The van der Waals surface area contributed by atoms with Gasteiger partial charge in [-0.2, -0.15) is 0 Å². The highest BCUT2D eigenvalue weighted by molar-refractivity contribution is 6.35. The maximum absolute atomic E-state index is 6.21. The van der Waals surface area contributed by atoms with E-state index in [2.05, 4.69) is 31.9 Å². The van der Waals surface area contributed by atoms with E-state index in [1.54, 1.807) is 0 Å². The Labute approximate surface area is 110 Å². The van der Waals surface area contributed by atoms with Crippen molar-refractivity contribution in [2.45, 2.75) is 13.3 Å². The summed E-state index contributed by atoms with van der Waals surface area (Å²) in [5.41, 5.74) is 4.23. The Morgan fingerprint density at radius 2 is 2.28 bits per heavy atom. The monoisotopic (exact) mass is 262 g/mol. The van der Waals surface area contributed by atoms with Gasteiger partial charge in [0.05, 0.1) is 10.5 Å². The molecule has 18 heavy (non-hydrogen) atoms. The quantitative estimate of drug-likeness (QED) is 0.762. The maximum atomic E-state index is 6.21. The number of imidazole rings is 2. The summed E-state index contributed by atoms with van der Waals surface area (Å²) < 4.78 is 2.07. The fourth-order valence-electron chi connectivity index (χ4n) is 2.22. The van der Waals surface area contributed by atoms with E-state index >= 15 is 0 Å². The second-order valence-electron chi connectivity index (χ2n) is 4.55. The van der Waals surface area contributed by atoms with Crippen LogP contribution in [0.2, 0.25) is 5.02 Å². The molecule has 0 aliphatic carbocycles. The van der Waals surface area contributed by atoms with E-state index in [1.165, 1.54) is 5.69 Å². The van der Waals surface area contributed by atoms with Gasteiger partial charge >= 0.3 is 0 Å². The zero-order chi connectivity index (χ0) is 12.7. The number of fused-ring (bicyclic) bond motifs is 3. The van der Waals surface area contributed by atoms with Crippen molar-refractivity contribution in [3.8, 4) is 0 Å². The third-order valence-corrected chi connectivity index (χ3v) is 3.38. The van der Waals surface area contributed by atoms with Crippen LogP contribution in [0.3, 0.4) is 0 Å². The van der Waals surface area contributed by atoms with Crippen LogP contribution in [0.25, 0.3) is 16.8 Å². The number of benzene rings is 1. The first kappa shape index (κ1) is 11.6. The molecule has 0 saturated carbocycles. The number of hydrogen-bond donors (Lipinski definition) is 2. The van der Waals surface area contributed by atoms with Crippen molar-refractivity contribution < 1.29 is 0 Å². The molecular weight excluding hydrogens is 248 g/mol. The third kappa shape index (κ3) is 1.78. The van der Waals surface area contributed by atoms with Crippen LogP contribution < -0.4 is 5.32 Å². The molecule has 2 heterocycles. The largest absolute Gasteiger partial charge is 0.327 e. The smallest absolute Gasteiger partial charge is 0.212 e. The molecule has 2 aromatic heterocycles. The molecule has 0 saturated heterocycles. The summed E-state index contributed by atoms with van der Waals surface area (Å²) in [6.45, 7) is 2.99. The van der Waals surface area contributed by atoms with Crippen LogP contribution in [0.5, 0.6) is 0 Å². The molecule has 2 N–H and O–H groups in total. The van der Waals surface area contributed by atoms with Gasteiger partial charge in [-0.1, -0.05) is 11.6 Å². The van der Waals surface area contributed by atoms with Gasteiger partial charge in [0.25, 0.3) is 0 Å². The average Bonchev–Trinajstić information content (AvgIpc) is 2.85. The van der Waals surface area contributed by atoms with Crippen molar-refractivity contribution in [2.24, 2.45) is 0 Å². The van der Waals surface area contributed by atoms with Gasteiger partial charge in [-0.05, 0) is 31.7 Å². The standard InChI is InChI=1S/C13H15ClN4/c1-8-5-10(14)12-11(6-8)18-7-9(3-4-15-2)16-13(18)17-12/h5-7,15H,3-4H2,1-2H3,(H,16,17). The Bertz CT molecular complexity index is 710. The topological polar surface area (TPSA) is 45.1 Å². The minimum atomic E-state index is 0.707. The molecule has 94 valence electrons. The number of aromatic amines is 1. The van der Waals surface area contributed by atoms with E-state index in [-0.39, 0.29) is 0 Å². The van der Waals surface area contributed by atoms with E-state index in [4.69, 9.17) is 11.6 Å². The number of rotatable bonds is 3. The summed E-state index contributed by atoms with van der Waals surface area (Å²) in [6, 6.07) is 4.05. The summed E-state index contributed by atoms with van der Waals surface area (Å²) in [6.07, 6.45) is 3.05. The Hall–Kier alpha value is -1.52. The van der Waals surface area contributed by atoms with Crippen LogP contribution in [0.1, 0.15) is 11.3 Å². The summed E-state index contributed by atoms with van der Waals surface area (Å²) in [5.74, 6) is 0.851. The van der Waals surface area contributed by atoms with E-state index in [9.17, 15) is 0 Å². The van der Waals surface area contributed by atoms with Crippen LogP contribution in [-0.4, -0.2) is 28.0 Å². The highest BCUT2D eigenvalue weighted by Crippen LogP contribution is 2.26. The Balaban J connectivity index is 2.18. The van der Waals surface area contributed by atoms with Crippen molar-refractivity contribution >= 4 is 28.4 Å². The predicted molar refractivity (Wildman–Crippen MR) is 74.4 cm³/mol. The fourth-order valence-corrected chi connectivity index (χ4v) is 2.53. The third-order valence-electron chi connectivity index (χ3n) is 3.09. The van der Waals surface area contributed by atoms with E-state index in [0.717, 1.165) is 35.3 Å². The van der Waals surface area contributed by atoms with E-state index in [0.29, 0.717) is 5.02 Å². The number of halogens is 1. The molecule has 0 aliphatic rings. The van der Waals surface area contributed by atoms with Gasteiger partial charge in [0.15, 0.2) is 0 Å². The minimum Gasteiger partial charge on any atom is -0.327 e. The number of aromatic nitrogens is 3. The molecule has 0 amide bonds. The summed E-state index contributed by atoms with van der Waals surface area (Å²) in [4.78, 5) is 7.86. The first-order chi connectivity index (χ1) is 8.69. The molecule has 0 spiro atoms. The van der Waals surface area contributed by atoms with Gasteiger partial charge in [-0.25, -0.2) is 4.98 Å². The average molecular weight is 263 g/mol. The second-order valence-corrected chi connectivity index (χ2v) is 4.96. The van der Waals surface area contributed by atoms with Crippen molar-refractivity contribution in [3.63, 3.8) is 0 Å². The lowest BCUT2D eigenvalue weighted by Crippen LogP contribution is -2.10. The fraction of sp³-hybridized carbons (Fsp3) is 0.308. The Morgan fingerprint density at radius 3 is 3.06 bits per heavy atom. The highest BCUT2D eigenvalue weighted by Gasteiger charge is 2.11. The van der Waals surface area contributed by atoms with Crippen LogP contribution in [0.15, 0.2) is 18.3 Å². The van der Waals surface area contributed by atoms with Crippen molar-refractivity contribution in [1.82, 2.24) is 19.7 Å². The van der Waals surface area contributed by atoms with Crippen molar-refractivity contribution in [3.05, 3.63) is 34.6 Å². The molecular formula is C13H15ClN4. The molecule has 1 aromatic carbocycles. The normalized spacial score (nSPS) is 11.7. The Kier molecular flexibility index (Phi) is 2.76. The summed E-state index contributed by atoms with van der Waals surface area (Å²) in [7, 11) is 1.95. The number of aryl methyl sites for hydroxylation is 1. The van der Waals surface area contributed by atoms with E-state index in [1.807, 2.05) is 20.0 Å². The Morgan fingerprint density at radius 1 is 1.44 bits per heavy atom. The van der Waals surface area contributed by atoms with Crippen LogP contribution in [0, 0.1) is 6.92 Å². The van der Waals surface area contributed by atoms with Crippen LogP contribution in [-0.2, 0) is 6.42 Å². The van der Waals surface area contributed by atoms with Gasteiger partial charge in [0.2, 0.25) is 5.78 Å². The molecule has 4 nitrogen and oxygen atoms in total. The van der Waals surface area contributed by atoms with Crippen LogP contribution in [0.4, 0.5) is 0 Å². The molecule has 3 aromatic rings. The van der Waals surface area contributed by atoms with Gasteiger partial charge in [-0.15, -0.1) is 0 Å². The minimum absolute atomic E-state index is 0.707. The zero-order valence-electron chi connectivity index (χ0n) is 10.4. The lowest BCUT2D eigenvalue weighted by atomic mass is 10.2. The summed E-state index contributed by atoms with van der Waals surface area (Å²) in [5, 5.41) is 3.84. The van der Waals surface area contributed by atoms with Crippen LogP contribution >= 0.6 is 11.6 Å². The molecule has 0 unspecified atom stereocenters. The number of nitrogens with zero attached hydrogens (tertiary/aromatic N) is 2. The number of H-pyrrole nitrogens is 1. The first-order valence-electron chi connectivity index (χ1n) is 5.99. The molecule has 3 rings (SSSR count). The zero-order valence-corrected chi connectivity index (χ0v) is 11.2. The molecule has 5 heteroatoms. The number of nitrogens with one attached hydrogen (secondary N) is 2. The lowest BCUT2D eigenvalue weighted by molar-refractivity contribution is 0.780. The van der Waals surface area contributed by atoms with Gasteiger partial charge in [0, 0.05) is 24.9 Å². The van der Waals surface area contributed by atoms with Crippen molar-refractivity contribution in [1.29, 1.82) is 0 Å². The molecule has 0 atom stereocenters. The molecule has 0 bridgehead atoms. The summed E-state index contributed by atoms with van der Waals surface area (Å²) >= 11 is 6.21. The first-order valence-corrected chi connectivity index (χ1v) is 6.37. The molecule has 0 fully saturated rings. The highest BCUT2D eigenvalue weighted by atomic mass is 35.5. The second kappa shape index (κ2) is 4.30. The number of likely N-dealkylation sites (N-methyl/N-ethyl adjacent to an activating group) is 1. The van der Waals surface area contributed by atoms with Gasteiger partial charge < -0.3 is 10.3 Å². The molecule has 0 aliphatic heterocycles. The van der Waals surface area contributed by atoms with Gasteiger partial charge in [-0.3, -0.25) is 4.40 Å². The van der Waals surface area contributed by atoms with E-state index < -0.39 is 0 Å². The predicted octanol–water partition coefficient (Wildman–Crippen LogP) is 2.54. The lowest BCUT2D eigenvalue weighted by Gasteiger charge is -1.97.